The van der Waals surface area contributed by atoms with E-state index in [-0.39, 0.29) is 0 Å². The van der Waals surface area contributed by atoms with Crippen molar-refractivity contribution in [3.05, 3.63) is 54.1 Å². The lowest BCUT2D eigenvalue weighted by molar-refractivity contribution is -0.105. The Bertz CT molecular complexity index is 815. The van der Waals surface area contributed by atoms with Gasteiger partial charge in [0.05, 0.1) is 18.1 Å². The second-order valence-corrected chi connectivity index (χ2v) is 7.86. The monoisotopic (exact) mass is 391 g/mol. The Morgan fingerprint density at radius 3 is 2.04 bits per heavy atom. The zero-order valence-corrected chi connectivity index (χ0v) is 16.3. The molecular formula is C19H25N3O4S. The highest BCUT2D eigenvalue weighted by Gasteiger charge is 2.25. The minimum Gasteiger partial charge on any atom is -0.388 e. The topological polar surface area (TPSA) is 87.7 Å². The molecule has 2 aromatic carbocycles. The Balaban J connectivity index is 0.000000223. The van der Waals surface area contributed by atoms with Crippen LogP contribution in [-0.2, 0) is 19.6 Å². The van der Waals surface area contributed by atoms with Crippen molar-refractivity contribution in [2.45, 2.75) is 11.8 Å². The molecule has 1 aliphatic rings. The van der Waals surface area contributed by atoms with Gasteiger partial charge in [0.1, 0.15) is 0 Å². The number of aryl methyl sites for hydroxylation is 1. The van der Waals surface area contributed by atoms with Crippen LogP contribution in [0.4, 0.5) is 11.4 Å². The molecule has 0 saturated carbocycles. The third kappa shape index (κ3) is 6.06. The van der Waals surface area contributed by atoms with Crippen LogP contribution in [0.3, 0.4) is 0 Å². The van der Waals surface area contributed by atoms with E-state index in [0.29, 0.717) is 37.6 Å². The number of ether oxygens (including phenoxy) is 1. The molecule has 1 aliphatic heterocycles. The molecule has 7 nitrogen and oxygen atoms in total. The summed E-state index contributed by atoms with van der Waals surface area (Å²) >= 11 is 0. The summed E-state index contributed by atoms with van der Waals surface area (Å²) in [5.41, 5.74) is 2.92. The maximum Gasteiger partial charge on any atom is 0.243 e. The van der Waals surface area contributed by atoms with Crippen molar-refractivity contribution >= 4 is 27.8 Å². The standard InChI is InChI=1S/C11H16N2O3S.C8H9NO/c1-12-10-2-4-11(5-3-10)17(14,15)13-6-8-16-9-7-13;1-7-2-4-8(5-3-7)9-6-10/h2-5,12H,6-9H2,1H3;2-6H,1H3,(H,9,10). The van der Waals surface area contributed by atoms with Crippen molar-refractivity contribution in [2.24, 2.45) is 0 Å². The zero-order valence-electron chi connectivity index (χ0n) is 15.5. The van der Waals surface area contributed by atoms with Crippen molar-refractivity contribution in [1.82, 2.24) is 4.31 Å². The summed E-state index contributed by atoms with van der Waals surface area (Å²) in [4.78, 5) is 10.3. The van der Waals surface area contributed by atoms with E-state index in [1.807, 2.05) is 31.2 Å². The number of rotatable bonds is 5. The number of benzene rings is 2. The number of hydrogen-bond donors (Lipinski definition) is 2. The lowest BCUT2D eigenvalue weighted by Crippen LogP contribution is -2.40. The lowest BCUT2D eigenvalue weighted by Gasteiger charge is -2.26. The fourth-order valence-electron chi connectivity index (χ4n) is 2.45. The first-order valence-electron chi connectivity index (χ1n) is 8.60. The quantitative estimate of drug-likeness (QED) is 0.764. The lowest BCUT2D eigenvalue weighted by atomic mass is 10.2. The molecule has 2 N–H and O–H groups in total. The van der Waals surface area contributed by atoms with Crippen LogP contribution in [0.2, 0.25) is 0 Å². The van der Waals surface area contributed by atoms with Gasteiger partial charge in [-0.3, -0.25) is 4.79 Å². The molecule has 0 bridgehead atoms. The van der Waals surface area contributed by atoms with Crippen molar-refractivity contribution in [2.75, 3.05) is 44.0 Å². The van der Waals surface area contributed by atoms with Gasteiger partial charge in [0.25, 0.3) is 0 Å². The van der Waals surface area contributed by atoms with Crippen LogP contribution in [-0.4, -0.2) is 52.5 Å². The van der Waals surface area contributed by atoms with E-state index >= 15 is 0 Å². The molecule has 0 radical (unpaired) electrons. The fourth-order valence-corrected chi connectivity index (χ4v) is 3.86. The maximum atomic E-state index is 12.2. The Kier molecular flexibility index (Phi) is 7.78. The van der Waals surface area contributed by atoms with Crippen LogP contribution in [0.25, 0.3) is 0 Å². The number of carbonyl (C=O) groups is 1. The van der Waals surface area contributed by atoms with Crippen molar-refractivity contribution in [3.8, 4) is 0 Å². The van der Waals surface area contributed by atoms with Crippen molar-refractivity contribution in [3.63, 3.8) is 0 Å². The van der Waals surface area contributed by atoms with E-state index < -0.39 is 10.0 Å². The third-order valence-corrected chi connectivity index (χ3v) is 5.94. The molecule has 27 heavy (non-hydrogen) atoms. The fraction of sp³-hybridized carbons (Fsp3) is 0.316. The molecule has 2 aromatic rings. The van der Waals surface area contributed by atoms with Gasteiger partial charge >= 0.3 is 0 Å². The first-order valence-corrected chi connectivity index (χ1v) is 10.0. The van der Waals surface area contributed by atoms with Gasteiger partial charge in [-0.05, 0) is 43.3 Å². The van der Waals surface area contributed by atoms with Gasteiger partial charge in [-0.2, -0.15) is 4.31 Å². The molecule has 0 aromatic heterocycles. The summed E-state index contributed by atoms with van der Waals surface area (Å²) in [6.45, 7) is 3.79. The zero-order chi connectivity index (χ0) is 19.7. The van der Waals surface area contributed by atoms with Gasteiger partial charge in [0.2, 0.25) is 16.4 Å². The SMILES string of the molecule is CNc1ccc(S(=O)(=O)N2CCOCC2)cc1.Cc1ccc(NC=O)cc1. The van der Waals surface area contributed by atoms with E-state index in [0.717, 1.165) is 11.4 Å². The van der Waals surface area contributed by atoms with Gasteiger partial charge in [-0.15, -0.1) is 0 Å². The molecule has 0 unspecified atom stereocenters. The highest BCUT2D eigenvalue weighted by Crippen LogP contribution is 2.19. The van der Waals surface area contributed by atoms with Crippen molar-refractivity contribution in [1.29, 1.82) is 0 Å². The normalized spacial score (nSPS) is 14.6. The molecule has 8 heteroatoms. The van der Waals surface area contributed by atoms with Crippen LogP contribution < -0.4 is 10.6 Å². The Morgan fingerprint density at radius 1 is 0.963 bits per heavy atom. The highest BCUT2D eigenvalue weighted by atomic mass is 32.2. The summed E-state index contributed by atoms with van der Waals surface area (Å²) in [7, 11) is -1.56. The number of morpholine rings is 1. The Morgan fingerprint density at radius 2 is 1.52 bits per heavy atom. The van der Waals surface area contributed by atoms with Crippen LogP contribution >= 0.6 is 0 Å². The first kappa shape index (κ1) is 20.9. The first-order chi connectivity index (χ1) is 13.0. The number of nitrogens with one attached hydrogen (secondary N) is 2. The van der Waals surface area contributed by atoms with E-state index in [1.54, 1.807) is 31.3 Å². The van der Waals surface area contributed by atoms with E-state index in [2.05, 4.69) is 10.6 Å². The number of hydrogen-bond acceptors (Lipinski definition) is 5. The molecule has 1 heterocycles. The summed E-state index contributed by atoms with van der Waals surface area (Å²) in [6.07, 6.45) is 0.671. The Hall–Kier alpha value is -2.42. The van der Waals surface area contributed by atoms with E-state index in [1.165, 1.54) is 9.87 Å². The van der Waals surface area contributed by atoms with E-state index in [4.69, 9.17) is 4.74 Å². The second-order valence-electron chi connectivity index (χ2n) is 5.92. The third-order valence-electron chi connectivity index (χ3n) is 4.03. The average Bonchev–Trinajstić information content (AvgIpc) is 2.71. The highest BCUT2D eigenvalue weighted by molar-refractivity contribution is 7.89. The number of nitrogens with zero attached hydrogens (tertiary/aromatic N) is 1. The minimum absolute atomic E-state index is 0.332. The predicted molar refractivity (Wildman–Crippen MR) is 106 cm³/mol. The van der Waals surface area contributed by atoms with Crippen molar-refractivity contribution < 1.29 is 17.9 Å². The van der Waals surface area contributed by atoms with Gasteiger partial charge in [-0.25, -0.2) is 8.42 Å². The molecule has 3 rings (SSSR count). The van der Waals surface area contributed by atoms with Gasteiger partial charge in [-0.1, -0.05) is 17.7 Å². The molecule has 1 fully saturated rings. The molecule has 146 valence electrons. The summed E-state index contributed by atoms with van der Waals surface area (Å²) in [5, 5.41) is 5.51. The number of sulfonamides is 1. The Labute approximate surface area is 160 Å². The number of amides is 1. The van der Waals surface area contributed by atoms with Crippen LogP contribution in [0.15, 0.2) is 53.4 Å². The molecule has 1 amide bonds. The number of anilines is 2. The smallest absolute Gasteiger partial charge is 0.243 e. The van der Waals surface area contributed by atoms with Crippen LogP contribution in [0.1, 0.15) is 5.56 Å². The predicted octanol–water partition coefficient (Wildman–Crippen LogP) is 2.31. The summed E-state index contributed by atoms with van der Waals surface area (Å²) in [5.74, 6) is 0. The number of carbonyl (C=O) groups excluding carboxylic acids is 1. The molecule has 1 saturated heterocycles. The molecule has 0 aliphatic carbocycles. The average molecular weight is 391 g/mol. The minimum atomic E-state index is -3.36. The van der Waals surface area contributed by atoms with Gasteiger partial charge in [0.15, 0.2) is 0 Å². The largest absolute Gasteiger partial charge is 0.388 e. The molecule has 0 atom stereocenters. The molecular weight excluding hydrogens is 366 g/mol. The maximum absolute atomic E-state index is 12.2. The summed E-state index contributed by atoms with van der Waals surface area (Å²) < 4.78 is 31.1. The summed E-state index contributed by atoms with van der Waals surface area (Å²) in [6, 6.07) is 14.4. The second kappa shape index (κ2) is 10.1. The van der Waals surface area contributed by atoms with Crippen LogP contribution in [0, 0.1) is 6.92 Å². The van der Waals surface area contributed by atoms with Gasteiger partial charge < -0.3 is 15.4 Å². The molecule has 0 spiro atoms. The van der Waals surface area contributed by atoms with Gasteiger partial charge in [0, 0.05) is 31.5 Å². The van der Waals surface area contributed by atoms with Crippen LogP contribution in [0.5, 0.6) is 0 Å². The van der Waals surface area contributed by atoms with E-state index in [9.17, 15) is 13.2 Å².